The van der Waals surface area contributed by atoms with E-state index >= 15 is 0 Å². The summed E-state index contributed by atoms with van der Waals surface area (Å²) in [5.74, 6) is 1.53. The number of methoxy groups -OCH3 is 2. The molecule has 0 saturated heterocycles. The third kappa shape index (κ3) is 4.11. The molecule has 0 radical (unpaired) electrons. The number of rotatable bonds is 7. The normalized spacial score (nSPS) is 10.8. The summed E-state index contributed by atoms with van der Waals surface area (Å²) in [6, 6.07) is 5.33. The van der Waals surface area contributed by atoms with Crippen molar-refractivity contribution in [2.45, 2.75) is 13.3 Å². The van der Waals surface area contributed by atoms with E-state index in [-0.39, 0.29) is 24.5 Å². The number of nitrogens with one attached hydrogen (secondary N) is 2. The quantitative estimate of drug-likeness (QED) is 0.517. The van der Waals surface area contributed by atoms with E-state index in [4.69, 9.17) is 14.6 Å². The molecule has 0 aliphatic heterocycles. The molecule has 24 heavy (non-hydrogen) atoms. The fourth-order valence-electron chi connectivity index (χ4n) is 2.17. The standard InChI is InChI=1S/C16H20N4O4/c1-10-13(6-7-21)15(22)19-16(18-10)20-17-9-11-8-12(23-2)4-5-14(11)24-3/h4-5,8-9,21H,6-7H2,1-3H3,(H2,18,19,20,22)/b17-9-. The monoisotopic (exact) mass is 332 g/mol. The molecule has 0 atom stereocenters. The number of hydrazone groups is 1. The zero-order valence-corrected chi connectivity index (χ0v) is 13.8. The van der Waals surface area contributed by atoms with Gasteiger partial charge in [0.2, 0.25) is 5.95 Å². The van der Waals surface area contributed by atoms with E-state index in [1.54, 1.807) is 39.3 Å². The van der Waals surface area contributed by atoms with E-state index in [9.17, 15) is 4.79 Å². The molecule has 0 aliphatic carbocycles. The maximum Gasteiger partial charge on any atom is 0.255 e. The summed E-state index contributed by atoms with van der Waals surface area (Å²) in [5.41, 5.74) is 4.09. The van der Waals surface area contributed by atoms with Crippen molar-refractivity contribution in [3.8, 4) is 11.5 Å². The van der Waals surface area contributed by atoms with Gasteiger partial charge in [-0.05, 0) is 25.1 Å². The molecule has 2 rings (SSSR count). The van der Waals surface area contributed by atoms with Gasteiger partial charge in [-0.2, -0.15) is 5.10 Å². The third-order valence-corrected chi connectivity index (χ3v) is 3.40. The number of aryl methyl sites for hydroxylation is 1. The minimum Gasteiger partial charge on any atom is -0.497 e. The Bertz CT molecular complexity index is 786. The van der Waals surface area contributed by atoms with Gasteiger partial charge in [-0.3, -0.25) is 9.78 Å². The van der Waals surface area contributed by atoms with Crippen LogP contribution in [0.2, 0.25) is 0 Å². The highest BCUT2D eigenvalue weighted by atomic mass is 16.5. The van der Waals surface area contributed by atoms with Crippen LogP contribution in [0.1, 0.15) is 16.8 Å². The van der Waals surface area contributed by atoms with Crippen molar-refractivity contribution in [3.05, 3.63) is 45.4 Å². The number of aromatic nitrogens is 2. The first-order chi connectivity index (χ1) is 11.6. The van der Waals surface area contributed by atoms with Gasteiger partial charge < -0.3 is 14.6 Å². The summed E-state index contributed by atoms with van der Waals surface area (Å²) >= 11 is 0. The predicted molar refractivity (Wildman–Crippen MR) is 91.1 cm³/mol. The molecule has 0 fully saturated rings. The van der Waals surface area contributed by atoms with E-state index in [0.29, 0.717) is 28.3 Å². The predicted octanol–water partition coefficient (Wildman–Crippen LogP) is 1.08. The molecule has 8 heteroatoms. The second-order valence-corrected chi connectivity index (χ2v) is 4.93. The molecule has 3 N–H and O–H groups in total. The molecule has 0 bridgehead atoms. The van der Waals surface area contributed by atoms with Crippen LogP contribution in [0.3, 0.4) is 0 Å². The maximum absolute atomic E-state index is 11.9. The van der Waals surface area contributed by atoms with E-state index in [1.807, 2.05) is 0 Å². The fourth-order valence-corrected chi connectivity index (χ4v) is 2.17. The van der Waals surface area contributed by atoms with Gasteiger partial charge in [0.25, 0.3) is 5.56 Å². The third-order valence-electron chi connectivity index (χ3n) is 3.40. The number of hydrogen-bond acceptors (Lipinski definition) is 7. The molecule has 1 aromatic heterocycles. The van der Waals surface area contributed by atoms with Crippen molar-refractivity contribution in [2.24, 2.45) is 5.10 Å². The number of benzene rings is 1. The van der Waals surface area contributed by atoms with Gasteiger partial charge >= 0.3 is 0 Å². The van der Waals surface area contributed by atoms with Gasteiger partial charge in [-0.25, -0.2) is 10.4 Å². The Hall–Kier alpha value is -2.87. The van der Waals surface area contributed by atoms with Crippen LogP contribution in [0.25, 0.3) is 0 Å². The lowest BCUT2D eigenvalue weighted by Crippen LogP contribution is -2.19. The molecule has 0 amide bonds. The van der Waals surface area contributed by atoms with Gasteiger partial charge in [-0.15, -0.1) is 0 Å². The van der Waals surface area contributed by atoms with E-state index < -0.39 is 0 Å². The van der Waals surface area contributed by atoms with Crippen molar-refractivity contribution >= 4 is 12.2 Å². The van der Waals surface area contributed by atoms with E-state index in [2.05, 4.69) is 20.5 Å². The molecule has 8 nitrogen and oxygen atoms in total. The summed E-state index contributed by atoms with van der Waals surface area (Å²) in [5, 5.41) is 13.0. The molecule has 0 aliphatic rings. The van der Waals surface area contributed by atoms with Gasteiger partial charge in [0.1, 0.15) is 11.5 Å². The summed E-state index contributed by atoms with van der Waals surface area (Å²) < 4.78 is 10.4. The zero-order valence-electron chi connectivity index (χ0n) is 13.8. The van der Waals surface area contributed by atoms with Crippen LogP contribution < -0.4 is 20.5 Å². The van der Waals surface area contributed by atoms with Gasteiger partial charge in [0.15, 0.2) is 0 Å². The number of aliphatic hydroxyl groups is 1. The van der Waals surface area contributed by atoms with Crippen LogP contribution >= 0.6 is 0 Å². The smallest absolute Gasteiger partial charge is 0.255 e. The Kier molecular flexibility index (Phi) is 5.91. The van der Waals surface area contributed by atoms with Crippen molar-refractivity contribution in [1.82, 2.24) is 9.97 Å². The van der Waals surface area contributed by atoms with Crippen LogP contribution in [-0.2, 0) is 6.42 Å². The highest BCUT2D eigenvalue weighted by molar-refractivity contribution is 5.84. The minimum absolute atomic E-state index is 0.105. The van der Waals surface area contributed by atoms with Crippen LogP contribution in [0.5, 0.6) is 11.5 Å². The van der Waals surface area contributed by atoms with Crippen molar-refractivity contribution in [2.75, 3.05) is 26.3 Å². The average Bonchev–Trinajstić information content (AvgIpc) is 2.58. The molecule has 0 saturated carbocycles. The van der Waals surface area contributed by atoms with Crippen LogP contribution in [-0.4, -0.2) is 42.1 Å². The van der Waals surface area contributed by atoms with Crippen molar-refractivity contribution in [1.29, 1.82) is 0 Å². The molecule has 1 heterocycles. The maximum atomic E-state index is 11.9. The van der Waals surface area contributed by atoms with Crippen LogP contribution in [0.15, 0.2) is 28.1 Å². The highest BCUT2D eigenvalue weighted by Crippen LogP contribution is 2.22. The van der Waals surface area contributed by atoms with Gasteiger partial charge in [0, 0.05) is 24.2 Å². The van der Waals surface area contributed by atoms with Crippen LogP contribution in [0.4, 0.5) is 5.95 Å². The lowest BCUT2D eigenvalue weighted by atomic mass is 10.2. The molecular weight excluding hydrogens is 312 g/mol. The first-order valence-corrected chi connectivity index (χ1v) is 7.30. The molecule has 0 unspecified atom stereocenters. The van der Waals surface area contributed by atoms with Crippen LogP contribution in [0, 0.1) is 6.92 Å². The Morgan fingerprint density at radius 3 is 2.79 bits per heavy atom. The van der Waals surface area contributed by atoms with Gasteiger partial charge in [-0.1, -0.05) is 0 Å². The Balaban J connectivity index is 2.19. The van der Waals surface area contributed by atoms with Crippen molar-refractivity contribution in [3.63, 3.8) is 0 Å². The number of nitrogens with zero attached hydrogens (tertiary/aromatic N) is 2. The molecule has 0 spiro atoms. The lowest BCUT2D eigenvalue weighted by molar-refractivity contribution is 0.298. The lowest BCUT2D eigenvalue weighted by Gasteiger charge is -2.07. The highest BCUT2D eigenvalue weighted by Gasteiger charge is 2.07. The first-order valence-electron chi connectivity index (χ1n) is 7.30. The Labute approximate surface area is 139 Å². The Morgan fingerprint density at radius 1 is 1.38 bits per heavy atom. The second kappa shape index (κ2) is 8.11. The fraction of sp³-hybridized carbons (Fsp3) is 0.312. The SMILES string of the molecule is COc1ccc(OC)c(/C=N\Nc2nc(C)c(CCO)c(=O)[nH]2)c1. The summed E-state index contributed by atoms with van der Waals surface area (Å²) in [6.45, 7) is 1.60. The topological polar surface area (TPSA) is 109 Å². The number of aromatic amines is 1. The molecule has 2 aromatic rings. The summed E-state index contributed by atoms with van der Waals surface area (Å²) in [7, 11) is 3.14. The average molecular weight is 332 g/mol. The molecule has 128 valence electrons. The number of hydrogen-bond donors (Lipinski definition) is 3. The second-order valence-electron chi connectivity index (χ2n) is 4.93. The summed E-state index contributed by atoms with van der Waals surface area (Å²) in [4.78, 5) is 18.7. The number of H-pyrrole nitrogens is 1. The first kappa shape index (κ1) is 17.5. The number of aliphatic hydroxyl groups excluding tert-OH is 1. The number of ether oxygens (including phenoxy) is 2. The largest absolute Gasteiger partial charge is 0.497 e. The number of anilines is 1. The van der Waals surface area contributed by atoms with E-state index in [1.165, 1.54) is 6.21 Å². The van der Waals surface area contributed by atoms with E-state index in [0.717, 1.165) is 0 Å². The Morgan fingerprint density at radius 2 is 2.17 bits per heavy atom. The minimum atomic E-state index is -0.298. The molecule has 1 aromatic carbocycles. The summed E-state index contributed by atoms with van der Waals surface area (Å²) in [6.07, 6.45) is 1.80. The van der Waals surface area contributed by atoms with Crippen molar-refractivity contribution < 1.29 is 14.6 Å². The van der Waals surface area contributed by atoms with Gasteiger partial charge in [0.05, 0.1) is 26.1 Å². The zero-order chi connectivity index (χ0) is 17.5. The molecular formula is C16H20N4O4.